The number of amides is 1. The van der Waals surface area contributed by atoms with Gasteiger partial charge in [-0.2, -0.15) is 0 Å². The van der Waals surface area contributed by atoms with Gasteiger partial charge in [0.2, 0.25) is 0 Å². The maximum Gasteiger partial charge on any atom is 0.350 e. The Hall–Kier alpha value is -1.99. The number of carbonyl (C=O) groups is 2. The lowest BCUT2D eigenvalue weighted by atomic mass is 10.3. The number of esters is 1. The van der Waals surface area contributed by atoms with Crippen molar-refractivity contribution in [3.8, 4) is 0 Å². The minimum absolute atomic E-state index is 0.103. The molecule has 0 unspecified atom stereocenters. The molecule has 0 atom stereocenters. The average Bonchev–Trinajstić information content (AvgIpc) is 2.86. The number of hydrogen-bond donors (Lipinski definition) is 1. The Balaban J connectivity index is 2.17. The summed E-state index contributed by atoms with van der Waals surface area (Å²) in [6, 6.07) is 1.61. The fraction of sp³-hybridized carbons (Fsp3) is 0.0909. The molecule has 6 nitrogen and oxygen atoms in total. The summed E-state index contributed by atoms with van der Waals surface area (Å²) in [6.07, 6.45) is 2.52. The molecule has 2 aromatic heterocycles. The van der Waals surface area contributed by atoms with Crippen molar-refractivity contribution in [2.75, 3.05) is 12.4 Å². The minimum Gasteiger partial charge on any atom is -0.465 e. The number of anilines is 1. The number of thiophene rings is 1. The van der Waals surface area contributed by atoms with Crippen LogP contribution >= 0.6 is 22.9 Å². The third-order valence-corrected chi connectivity index (χ3v) is 3.23. The maximum atomic E-state index is 11.9. The number of ether oxygens (including phenoxy) is 1. The molecule has 0 aliphatic carbocycles. The summed E-state index contributed by atoms with van der Waals surface area (Å²) in [5, 5.41) is 4.44. The number of halogens is 1. The van der Waals surface area contributed by atoms with Gasteiger partial charge in [-0.15, -0.1) is 11.3 Å². The molecule has 0 spiro atoms. The molecule has 1 amide bonds. The van der Waals surface area contributed by atoms with Crippen LogP contribution in [0.5, 0.6) is 0 Å². The van der Waals surface area contributed by atoms with Gasteiger partial charge in [-0.1, -0.05) is 11.6 Å². The van der Waals surface area contributed by atoms with E-state index in [9.17, 15) is 9.59 Å². The first-order valence-corrected chi connectivity index (χ1v) is 6.32. The summed E-state index contributed by atoms with van der Waals surface area (Å²) < 4.78 is 4.61. The van der Waals surface area contributed by atoms with Gasteiger partial charge < -0.3 is 10.1 Å². The first-order valence-electron chi connectivity index (χ1n) is 5.06. The van der Waals surface area contributed by atoms with Crippen LogP contribution in [0.25, 0.3) is 0 Å². The highest BCUT2D eigenvalue weighted by molar-refractivity contribution is 7.12. The molecule has 2 aromatic rings. The summed E-state index contributed by atoms with van der Waals surface area (Å²) in [5.41, 5.74) is 0.477. The van der Waals surface area contributed by atoms with Crippen molar-refractivity contribution < 1.29 is 14.3 Å². The number of carbonyl (C=O) groups excluding carboxylic acids is 2. The smallest absolute Gasteiger partial charge is 0.350 e. The topological polar surface area (TPSA) is 81.2 Å². The molecule has 19 heavy (non-hydrogen) atoms. The Kier molecular flexibility index (Phi) is 4.08. The number of rotatable bonds is 3. The van der Waals surface area contributed by atoms with Crippen LogP contribution in [0.3, 0.4) is 0 Å². The lowest BCUT2D eigenvalue weighted by molar-refractivity contribution is 0.0607. The van der Waals surface area contributed by atoms with E-state index >= 15 is 0 Å². The van der Waals surface area contributed by atoms with E-state index in [0.29, 0.717) is 10.6 Å². The minimum atomic E-state index is -0.507. The van der Waals surface area contributed by atoms with Gasteiger partial charge in [0.25, 0.3) is 5.91 Å². The van der Waals surface area contributed by atoms with E-state index in [-0.39, 0.29) is 10.8 Å². The molecule has 2 rings (SSSR count). The van der Waals surface area contributed by atoms with Crippen molar-refractivity contribution in [1.29, 1.82) is 0 Å². The van der Waals surface area contributed by atoms with Gasteiger partial charge in [0.15, 0.2) is 0 Å². The lowest BCUT2D eigenvalue weighted by Gasteiger charge is -2.04. The second-order valence-electron chi connectivity index (χ2n) is 3.33. The van der Waals surface area contributed by atoms with Crippen LogP contribution in [0.15, 0.2) is 23.8 Å². The Bertz CT molecular complexity index is 612. The molecule has 0 bridgehead atoms. The standard InChI is InChI=1S/C11H8ClN3O3S/c1-18-11(17)9-6(2-3-19-9)15-10(16)7-4-14-8(12)5-13-7/h2-5H,1H3,(H,15,16). The summed E-state index contributed by atoms with van der Waals surface area (Å²) in [5.74, 6) is -0.986. The normalized spacial score (nSPS) is 10.0. The maximum absolute atomic E-state index is 11.9. The zero-order valence-corrected chi connectivity index (χ0v) is 11.3. The van der Waals surface area contributed by atoms with Crippen molar-refractivity contribution in [3.63, 3.8) is 0 Å². The van der Waals surface area contributed by atoms with Crippen LogP contribution in [0.2, 0.25) is 5.15 Å². The Morgan fingerprint density at radius 1 is 1.37 bits per heavy atom. The number of nitrogens with one attached hydrogen (secondary N) is 1. The quantitative estimate of drug-likeness (QED) is 0.879. The van der Waals surface area contributed by atoms with Crippen LogP contribution in [-0.2, 0) is 4.74 Å². The Morgan fingerprint density at radius 3 is 2.79 bits per heavy atom. The molecular formula is C11H8ClN3O3S. The fourth-order valence-corrected chi connectivity index (χ4v) is 2.14. The van der Waals surface area contributed by atoms with Crippen molar-refractivity contribution >= 4 is 40.5 Å². The molecule has 0 fully saturated rings. The van der Waals surface area contributed by atoms with E-state index in [1.165, 1.54) is 30.8 Å². The lowest BCUT2D eigenvalue weighted by Crippen LogP contribution is -2.15. The summed E-state index contributed by atoms with van der Waals surface area (Å²) in [4.78, 5) is 31.2. The van der Waals surface area contributed by atoms with Gasteiger partial charge in [-0.25, -0.2) is 14.8 Å². The van der Waals surface area contributed by atoms with E-state index in [1.54, 1.807) is 11.4 Å². The van der Waals surface area contributed by atoms with Gasteiger partial charge in [0, 0.05) is 0 Å². The highest BCUT2D eigenvalue weighted by atomic mass is 35.5. The predicted molar refractivity (Wildman–Crippen MR) is 70.7 cm³/mol. The SMILES string of the molecule is COC(=O)c1sccc1NC(=O)c1cnc(Cl)cn1. The summed E-state index contributed by atoms with van der Waals surface area (Å²) in [7, 11) is 1.28. The first kappa shape index (κ1) is 13.4. The van der Waals surface area contributed by atoms with Crippen LogP contribution in [-0.4, -0.2) is 29.0 Å². The van der Waals surface area contributed by atoms with E-state index in [0.717, 1.165) is 0 Å². The molecule has 0 radical (unpaired) electrons. The number of hydrogen-bond acceptors (Lipinski definition) is 6. The highest BCUT2D eigenvalue weighted by Gasteiger charge is 2.17. The van der Waals surface area contributed by atoms with Gasteiger partial charge in [-0.3, -0.25) is 4.79 Å². The van der Waals surface area contributed by atoms with E-state index in [4.69, 9.17) is 11.6 Å². The van der Waals surface area contributed by atoms with Crippen LogP contribution in [0.4, 0.5) is 5.69 Å². The molecule has 0 aliphatic heterocycles. The second-order valence-corrected chi connectivity index (χ2v) is 4.64. The van der Waals surface area contributed by atoms with Crippen molar-refractivity contribution in [1.82, 2.24) is 9.97 Å². The molecule has 0 saturated heterocycles. The zero-order chi connectivity index (χ0) is 13.8. The van der Waals surface area contributed by atoms with Gasteiger partial charge >= 0.3 is 5.97 Å². The summed E-state index contributed by atoms with van der Waals surface area (Å²) >= 11 is 6.76. The number of nitrogens with zero attached hydrogens (tertiary/aromatic N) is 2. The van der Waals surface area contributed by atoms with Crippen molar-refractivity contribution in [3.05, 3.63) is 39.6 Å². The number of aromatic nitrogens is 2. The molecule has 0 aliphatic rings. The van der Waals surface area contributed by atoms with Gasteiger partial charge in [0.05, 0.1) is 25.2 Å². The van der Waals surface area contributed by atoms with Crippen LogP contribution in [0, 0.1) is 0 Å². The first-order chi connectivity index (χ1) is 9.11. The predicted octanol–water partition coefficient (Wildman–Crippen LogP) is 2.23. The second kappa shape index (κ2) is 5.77. The highest BCUT2D eigenvalue weighted by Crippen LogP contribution is 2.23. The molecule has 98 valence electrons. The van der Waals surface area contributed by atoms with Crippen molar-refractivity contribution in [2.24, 2.45) is 0 Å². The molecule has 8 heteroatoms. The van der Waals surface area contributed by atoms with Gasteiger partial charge in [-0.05, 0) is 11.4 Å². The third-order valence-electron chi connectivity index (χ3n) is 2.14. The summed E-state index contributed by atoms with van der Waals surface area (Å²) in [6.45, 7) is 0. The molecule has 1 N–H and O–H groups in total. The van der Waals surface area contributed by atoms with Crippen LogP contribution < -0.4 is 5.32 Å². The molecule has 0 aromatic carbocycles. The fourth-order valence-electron chi connectivity index (χ4n) is 1.27. The van der Waals surface area contributed by atoms with Crippen molar-refractivity contribution in [2.45, 2.75) is 0 Å². The third kappa shape index (κ3) is 3.07. The monoisotopic (exact) mass is 297 g/mol. The van der Waals surface area contributed by atoms with Crippen LogP contribution in [0.1, 0.15) is 20.2 Å². The van der Waals surface area contributed by atoms with E-state index in [1.807, 2.05) is 0 Å². The zero-order valence-electron chi connectivity index (χ0n) is 9.71. The van der Waals surface area contributed by atoms with E-state index < -0.39 is 11.9 Å². The van der Waals surface area contributed by atoms with E-state index in [2.05, 4.69) is 20.0 Å². The Morgan fingerprint density at radius 2 is 2.16 bits per heavy atom. The molecular weight excluding hydrogens is 290 g/mol. The Labute approximate surface area is 117 Å². The molecule has 0 saturated carbocycles. The average molecular weight is 298 g/mol. The largest absolute Gasteiger partial charge is 0.465 e. The van der Waals surface area contributed by atoms with Gasteiger partial charge in [0.1, 0.15) is 15.7 Å². The number of methoxy groups -OCH3 is 1. The molecule has 2 heterocycles.